The number of likely N-dealkylation sites (tertiary alicyclic amines) is 1. The number of ether oxygens (including phenoxy) is 2. The van der Waals surface area contributed by atoms with Gasteiger partial charge in [-0.3, -0.25) is 4.79 Å². The monoisotopic (exact) mass is 424 g/mol. The van der Waals surface area contributed by atoms with Gasteiger partial charge in [-0.2, -0.15) is 0 Å². The van der Waals surface area contributed by atoms with E-state index in [1.807, 2.05) is 37.3 Å². The highest BCUT2D eigenvalue weighted by molar-refractivity contribution is 6.07. The number of rotatable bonds is 7. The lowest BCUT2D eigenvalue weighted by molar-refractivity contribution is -0.925. The van der Waals surface area contributed by atoms with Gasteiger partial charge in [0, 0.05) is 18.4 Å². The second-order valence-electron chi connectivity index (χ2n) is 8.28. The largest absolute Gasteiger partial charge is 0.497 e. The van der Waals surface area contributed by atoms with Crippen LogP contribution in [0.2, 0.25) is 0 Å². The smallest absolute Gasteiger partial charge is 0.329 e. The van der Waals surface area contributed by atoms with E-state index in [2.05, 4.69) is 17.4 Å². The molecule has 2 aromatic rings. The van der Waals surface area contributed by atoms with Crippen LogP contribution < -0.4 is 19.7 Å². The van der Waals surface area contributed by atoms with Gasteiger partial charge in [-0.15, -0.1) is 0 Å². The second kappa shape index (κ2) is 8.59. The third-order valence-corrected chi connectivity index (χ3v) is 6.36. The van der Waals surface area contributed by atoms with Crippen LogP contribution in [0.3, 0.4) is 0 Å². The molecule has 0 saturated carbocycles. The maximum atomic E-state index is 13.4. The molecule has 0 aromatic heterocycles. The minimum absolute atomic E-state index is 0.226. The first-order valence-corrected chi connectivity index (χ1v) is 10.8. The van der Waals surface area contributed by atoms with Crippen molar-refractivity contribution in [3.63, 3.8) is 0 Å². The Bertz CT molecular complexity index is 962. The fourth-order valence-electron chi connectivity index (χ4n) is 4.64. The normalized spacial score (nSPS) is 25.6. The molecular formula is C24H30N3O4+. The van der Waals surface area contributed by atoms with Crippen LogP contribution in [0.25, 0.3) is 0 Å². The molecule has 2 aliphatic rings. The molecule has 0 spiro atoms. The number of nitrogens with zero attached hydrogens (tertiary/aromatic N) is 1. The average Bonchev–Trinajstić information content (AvgIpc) is 3.33. The van der Waals surface area contributed by atoms with E-state index in [1.165, 1.54) is 15.4 Å². The molecule has 31 heavy (non-hydrogen) atoms. The Morgan fingerprint density at radius 2 is 1.94 bits per heavy atom. The molecule has 2 N–H and O–H groups in total. The number of methoxy groups -OCH3 is 1. The van der Waals surface area contributed by atoms with Crippen LogP contribution >= 0.6 is 0 Å². The maximum Gasteiger partial charge on any atom is 0.329 e. The fraction of sp³-hybridized carbons (Fsp3) is 0.417. The van der Waals surface area contributed by atoms with Crippen molar-refractivity contribution < 1.29 is 24.0 Å². The minimum atomic E-state index is -1.10. The first-order valence-electron chi connectivity index (χ1n) is 10.8. The van der Waals surface area contributed by atoms with E-state index in [9.17, 15) is 9.59 Å². The third kappa shape index (κ3) is 3.97. The summed E-state index contributed by atoms with van der Waals surface area (Å²) < 4.78 is 10.8. The third-order valence-electron chi connectivity index (χ3n) is 6.36. The summed E-state index contributed by atoms with van der Waals surface area (Å²) in [5.74, 6) is 1.28. The molecule has 2 saturated heterocycles. The Hall–Kier alpha value is -3.06. The topological polar surface area (TPSA) is 72.3 Å². The molecule has 164 valence electrons. The Labute approximate surface area is 182 Å². The number of urea groups is 1. The molecule has 0 aliphatic carbocycles. The Morgan fingerprint density at radius 1 is 1.16 bits per heavy atom. The van der Waals surface area contributed by atoms with Crippen molar-refractivity contribution in [3.05, 3.63) is 59.7 Å². The Balaban J connectivity index is 1.51. The van der Waals surface area contributed by atoms with Gasteiger partial charge in [-0.1, -0.05) is 12.1 Å². The molecule has 4 rings (SSSR count). The van der Waals surface area contributed by atoms with Crippen molar-refractivity contribution >= 4 is 11.9 Å². The quantitative estimate of drug-likeness (QED) is 0.669. The highest BCUT2D eigenvalue weighted by atomic mass is 16.5. The highest BCUT2D eigenvalue weighted by Crippen LogP contribution is 2.31. The van der Waals surface area contributed by atoms with Crippen molar-refractivity contribution in [2.24, 2.45) is 0 Å². The molecule has 7 heteroatoms. The fourth-order valence-corrected chi connectivity index (χ4v) is 4.64. The molecule has 2 aromatic carbocycles. The predicted octanol–water partition coefficient (Wildman–Crippen LogP) is 2.24. The summed E-state index contributed by atoms with van der Waals surface area (Å²) in [5.41, 5.74) is 0.824. The van der Waals surface area contributed by atoms with Crippen molar-refractivity contribution in [3.8, 4) is 11.5 Å². The van der Waals surface area contributed by atoms with Gasteiger partial charge in [0.05, 0.1) is 20.3 Å². The molecule has 0 bridgehead atoms. The number of amides is 3. The van der Waals surface area contributed by atoms with E-state index in [1.54, 1.807) is 20.1 Å². The van der Waals surface area contributed by atoms with Crippen molar-refractivity contribution in [2.45, 2.75) is 38.3 Å². The molecule has 2 aliphatic heterocycles. The number of benzene rings is 2. The van der Waals surface area contributed by atoms with Crippen molar-refractivity contribution in [1.29, 1.82) is 0 Å². The van der Waals surface area contributed by atoms with Crippen LogP contribution in [0.1, 0.15) is 43.9 Å². The van der Waals surface area contributed by atoms with E-state index in [-0.39, 0.29) is 18.0 Å². The Morgan fingerprint density at radius 3 is 2.65 bits per heavy atom. The number of quaternary nitrogens is 1. The van der Waals surface area contributed by atoms with Gasteiger partial charge in [0.2, 0.25) is 0 Å². The zero-order chi connectivity index (χ0) is 22.0. The lowest BCUT2D eigenvalue weighted by atomic mass is 9.92. The summed E-state index contributed by atoms with van der Waals surface area (Å²) in [5, 5.41) is 2.90. The van der Waals surface area contributed by atoms with Gasteiger partial charge in [0.15, 0.2) is 6.67 Å². The van der Waals surface area contributed by atoms with Crippen LogP contribution in [0, 0.1) is 0 Å². The predicted molar refractivity (Wildman–Crippen MR) is 116 cm³/mol. The van der Waals surface area contributed by atoms with E-state index >= 15 is 0 Å². The zero-order valence-corrected chi connectivity index (χ0v) is 18.3. The molecular weight excluding hydrogens is 394 g/mol. The van der Waals surface area contributed by atoms with Crippen LogP contribution in [-0.2, 0) is 10.3 Å². The number of imide groups is 1. The number of carbonyl (C=O) groups is 2. The lowest BCUT2D eigenvalue weighted by Crippen LogP contribution is -3.12. The van der Waals surface area contributed by atoms with Crippen LogP contribution in [0.5, 0.6) is 11.5 Å². The summed E-state index contributed by atoms with van der Waals surface area (Å²) in [6, 6.07) is 15.4. The van der Waals surface area contributed by atoms with E-state index in [0.29, 0.717) is 24.6 Å². The van der Waals surface area contributed by atoms with Gasteiger partial charge in [-0.05, 0) is 55.8 Å². The van der Waals surface area contributed by atoms with Gasteiger partial charge < -0.3 is 19.7 Å². The number of nitrogens with one attached hydrogen (secondary N) is 2. The number of hydrogen-bond acceptors (Lipinski definition) is 4. The highest BCUT2D eigenvalue weighted by Gasteiger charge is 2.51. The summed E-state index contributed by atoms with van der Waals surface area (Å²) in [4.78, 5) is 28.8. The van der Waals surface area contributed by atoms with Gasteiger partial charge in [0.1, 0.15) is 23.1 Å². The number of hydrogen-bond donors (Lipinski definition) is 2. The maximum absolute atomic E-state index is 13.4. The molecule has 2 fully saturated rings. The summed E-state index contributed by atoms with van der Waals surface area (Å²) >= 11 is 0. The van der Waals surface area contributed by atoms with E-state index in [4.69, 9.17) is 9.47 Å². The molecule has 3 atom stereocenters. The van der Waals surface area contributed by atoms with Crippen molar-refractivity contribution in [2.75, 3.05) is 26.9 Å². The first-order chi connectivity index (χ1) is 15.0. The first kappa shape index (κ1) is 21.2. The number of carbonyl (C=O) groups excluding carboxylic acids is 2. The molecule has 7 nitrogen and oxygen atoms in total. The standard InChI is InChI=1S/C24H29N3O4/c1-4-31-19-12-10-17(11-13-19)21-9-6-14-26(21)16-27-22(28)24(2,25-23(27)29)18-7-5-8-20(15-18)30-3/h5,7-8,10-13,15,21H,4,6,9,14,16H2,1-3H3,(H,25,29)/p+1/t21-,24+/m0/s1. The zero-order valence-electron chi connectivity index (χ0n) is 18.3. The molecule has 3 amide bonds. The summed E-state index contributed by atoms with van der Waals surface area (Å²) in [6.07, 6.45) is 2.09. The van der Waals surface area contributed by atoms with Gasteiger partial charge >= 0.3 is 6.03 Å². The summed E-state index contributed by atoms with van der Waals surface area (Å²) in [6.45, 7) is 5.63. The SMILES string of the molecule is CCOc1ccc([C@@H]2CCC[NH+]2CN2C(=O)N[C@](C)(c3cccc(OC)c3)C2=O)cc1. The molecule has 0 radical (unpaired) electrons. The lowest BCUT2D eigenvalue weighted by Gasteiger charge is -2.26. The van der Waals surface area contributed by atoms with Gasteiger partial charge in [-0.25, -0.2) is 9.69 Å². The van der Waals surface area contributed by atoms with Gasteiger partial charge in [0.25, 0.3) is 5.91 Å². The second-order valence-corrected chi connectivity index (χ2v) is 8.28. The van der Waals surface area contributed by atoms with E-state index < -0.39 is 5.54 Å². The van der Waals surface area contributed by atoms with Crippen LogP contribution in [-0.4, -0.2) is 43.8 Å². The van der Waals surface area contributed by atoms with E-state index in [0.717, 1.165) is 25.1 Å². The van der Waals surface area contributed by atoms with Crippen molar-refractivity contribution in [1.82, 2.24) is 10.2 Å². The minimum Gasteiger partial charge on any atom is -0.497 e. The summed E-state index contributed by atoms with van der Waals surface area (Å²) in [7, 11) is 1.58. The Kier molecular flexibility index (Phi) is 5.87. The average molecular weight is 425 g/mol. The van der Waals surface area contributed by atoms with Crippen LogP contribution in [0.4, 0.5) is 4.79 Å². The molecule has 1 unspecified atom stereocenters. The van der Waals surface area contributed by atoms with Crippen LogP contribution in [0.15, 0.2) is 48.5 Å². The molecule has 2 heterocycles.